The van der Waals surface area contributed by atoms with E-state index in [0.29, 0.717) is 6.42 Å². The molecule has 0 aliphatic carbocycles. The third kappa shape index (κ3) is 5.68. The number of hydrogen-bond donors (Lipinski definition) is 1. The lowest BCUT2D eigenvalue weighted by Gasteiger charge is -2.21. The van der Waals surface area contributed by atoms with Gasteiger partial charge in [-0.15, -0.1) is 12.4 Å². The third-order valence-corrected chi connectivity index (χ3v) is 2.74. The minimum Gasteiger partial charge on any atom is -0.376 e. The van der Waals surface area contributed by atoms with Crippen LogP contribution in [0.2, 0.25) is 0 Å². The summed E-state index contributed by atoms with van der Waals surface area (Å²) >= 11 is 0. The molecular weight excluding hydrogens is 228 g/mol. The summed E-state index contributed by atoms with van der Waals surface area (Å²) in [5, 5.41) is 0. The van der Waals surface area contributed by atoms with Crippen LogP contribution in [0, 0.1) is 0 Å². The van der Waals surface area contributed by atoms with Gasteiger partial charge in [-0.05, 0) is 26.2 Å². The number of ether oxygens (including phenoxy) is 1. The number of carbonyl (C=O) groups excluding carboxylic acids is 1. The van der Waals surface area contributed by atoms with Crippen molar-refractivity contribution in [2.24, 2.45) is 5.73 Å². The molecule has 0 aromatic heterocycles. The van der Waals surface area contributed by atoms with Gasteiger partial charge in [0.25, 0.3) is 0 Å². The number of likely N-dealkylation sites (N-methyl/N-ethyl adjacent to an activating group) is 1. The van der Waals surface area contributed by atoms with Crippen LogP contribution >= 0.6 is 12.4 Å². The monoisotopic (exact) mass is 250 g/mol. The molecule has 1 rings (SSSR count). The average molecular weight is 251 g/mol. The molecule has 1 fully saturated rings. The van der Waals surface area contributed by atoms with Crippen LogP contribution in [-0.2, 0) is 9.53 Å². The SMILES string of the molecule is CC(N)CCC(=O)N(C)CC1CCCO1.Cl. The van der Waals surface area contributed by atoms with Crippen molar-refractivity contribution in [2.45, 2.75) is 44.8 Å². The molecule has 96 valence electrons. The number of hydrogen-bond acceptors (Lipinski definition) is 3. The first kappa shape index (κ1) is 15.7. The van der Waals surface area contributed by atoms with E-state index in [1.807, 2.05) is 14.0 Å². The van der Waals surface area contributed by atoms with Gasteiger partial charge in [-0.1, -0.05) is 0 Å². The number of amides is 1. The highest BCUT2D eigenvalue weighted by molar-refractivity contribution is 5.85. The lowest BCUT2D eigenvalue weighted by Crippen LogP contribution is -2.34. The molecule has 1 heterocycles. The second kappa shape index (κ2) is 7.87. The quantitative estimate of drug-likeness (QED) is 0.797. The Hall–Kier alpha value is -0.320. The van der Waals surface area contributed by atoms with Gasteiger partial charge in [0.05, 0.1) is 6.10 Å². The molecule has 0 aromatic carbocycles. The zero-order valence-corrected chi connectivity index (χ0v) is 11.0. The van der Waals surface area contributed by atoms with Crippen LogP contribution in [-0.4, -0.2) is 43.2 Å². The maximum atomic E-state index is 11.7. The molecule has 1 aliphatic rings. The van der Waals surface area contributed by atoms with Crippen molar-refractivity contribution in [3.63, 3.8) is 0 Å². The average Bonchev–Trinajstić information content (AvgIpc) is 2.66. The largest absolute Gasteiger partial charge is 0.376 e. The highest BCUT2D eigenvalue weighted by Crippen LogP contribution is 2.13. The highest BCUT2D eigenvalue weighted by atomic mass is 35.5. The van der Waals surface area contributed by atoms with E-state index in [-0.39, 0.29) is 30.5 Å². The normalized spacial score (nSPS) is 21.3. The van der Waals surface area contributed by atoms with Gasteiger partial charge < -0.3 is 15.4 Å². The molecule has 1 saturated heterocycles. The van der Waals surface area contributed by atoms with E-state index in [9.17, 15) is 4.79 Å². The number of carbonyl (C=O) groups is 1. The molecule has 0 aromatic rings. The van der Waals surface area contributed by atoms with Crippen LogP contribution in [0.25, 0.3) is 0 Å². The van der Waals surface area contributed by atoms with Crippen molar-refractivity contribution in [1.82, 2.24) is 4.90 Å². The van der Waals surface area contributed by atoms with Crippen molar-refractivity contribution in [2.75, 3.05) is 20.2 Å². The first-order valence-corrected chi connectivity index (χ1v) is 5.70. The fourth-order valence-corrected chi connectivity index (χ4v) is 1.74. The number of halogens is 1. The Balaban J connectivity index is 0.00000225. The van der Waals surface area contributed by atoms with Gasteiger partial charge in [0, 0.05) is 32.7 Å². The summed E-state index contributed by atoms with van der Waals surface area (Å²) in [6.07, 6.45) is 3.74. The number of rotatable bonds is 5. The standard InChI is InChI=1S/C11H22N2O2.ClH/c1-9(12)5-6-11(14)13(2)8-10-4-3-7-15-10;/h9-10H,3-8,12H2,1-2H3;1H. The lowest BCUT2D eigenvalue weighted by molar-refractivity contribution is -0.131. The first-order chi connectivity index (χ1) is 7.09. The van der Waals surface area contributed by atoms with Gasteiger partial charge in [0.1, 0.15) is 0 Å². The van der Waals surface area contributed by atoms with E-state index in [1.54, 1.807) is 4.90 Å². The summed E-state index contributed by atoms with van der Waals surface area (Å²) in [6.45, 7) is 3.48. The zero-order chi connectivity index (χ0) is 11.3. The molecule has 5 heteroatoms. The lowest BCUT2D eigenvalue weighted by atomic mass is 10.1. The Morgan fingerprint density at radius 2 is 2.31 bits per heavy atom. The molecule has 1 aliphatic heterocycles. The fourth-order valence-electron chi connectivity index (χ4n) is 1.74. The van der Waals surface area contributed by atoms with Gasteiger partial charge >= 0.3 is 0 Å². The molecule has 0 radical (unpaired) electrons. The number of nitrogens with two attached hydrogens (primary N) is 1. The second-order valence-electron chi connectivity index (χ2n) is 4.43. The van der Waals surface area contributed by atoms with E-state index >= 15 is 0 Å². The Bertz CT molecular complexity index is 206. The minimum atomic E-state index is 0. The smallest absolute Gasteiger partial charge is 0.222 e. The van der Waals surface area contributed by atoms with Gasteiger partial charge in [0.15, 0.2) is 0 Å². The Kier molecular flexibility index (Phi) is 7.72. The Morgan fingerprint density at radius 3 is 2.81 bits per heavy atom. The minimum absolute atomic E-state index is 0. The second-order valence-corrected chi connectivity index (χ2v) is 4.43. The zero-order valence-electron chi connectivity index (χ0n) is 10.1. The van der Waals surface area contributed by atoms with Gasteiger partial charge in [-0.2, -0.15) is 0 Å². The molecule has 2 N–H and O–H groups in total. The summed E-state index contributed by atoms with van der Waals surface area (Å²) in [7, 11) is 1.84. The highest BCUT2D eigenvalue weighted by Gasteiger charge is 2.19. The summed E-state index contributed by atoms with van der Waals surface area (Å²) in [5.74, 6) is 0.169. The molecule has 2 atom stereocenters. The van der Waals surface area contributed by atoms with Crippen LogP contribution < -0.4 is 5.73 Å². The molecule has 0 bridgehead atoms. The van der Waals surface area contributed by atoms with E-state index in [0.717, 1.165) is 32.4 Å². The van der Waals surface area contributed by atoms with Crippen LogP contribution in [0.15, 0.2) is 0 Å². The van der Waals surface area contributed by atoms with Crippen LogP contribution in [0.4, 0.5) is 0 Å². The van der Waals surface area contributed by atoms with Crippen molar-refractivity contribution in [3.05, 3.63) is 0 Å². The van der Waals surface area contributed by atoms with E-state index in [4.69, 9.17) is 10.5 Å². The predicted octanol–water partition coefficient (Wildman–Crippen LogP) is 1.17. The first-order valence-electron chi connectivity index (χ1n) is 5.70. The van der Waals surface area contributed by atoms with Crippen molar-refractivity contribution < 1.29 is 9.53 Å². The molecule has 2 unspecified atom stereocenters. The van der Waals surface area contributed by atoms with Gasteiger partial charge in [0.2, 0.25) is 5.91 Å². The predicted molar refractivity (Wildman–Crippen MR) is 66.7 cm³/mol. The molecular formula is C11H23ClN2O2. The summed E-state index contributed by atoms with van der Waals surface area (Å²) in [5.41, 5.74) is 5.61. The van der Waals surface area contributed by atoms with E-state index in [1.165, 1.54) is 0 Å². The van der Waals surface area contributed by atoms with Crippen molar-refractivity contribution in [1.29, 1.82) is 0 Å². The van der Waals surface area contributed by atoms with Crippen molar-refractivity contribution >= 4 is 18.3 Å². The Morgan fingerprint density at radius 1 is 1.62 bits per heavy atom. The maximum absolute atomic E-state index is 11.7. The van der Waals surface area contributed by atoms with Crippen LogP contribution in [0.3, 0.4) is 0 Å². The molecule has 16 heavy (non-hydrogen) atoms. The molecule has 0 saturated carbocycles. The summed E-state index contributed by atoms with van der Waals surface area (Å²) in [4.78, 5) is 13.4. The van der Waals surface area contributed by atoms with Gasteiger partial charge in [-0.3, -0.25) is 4.79 Å². The fraction of sp³-hybridized carbons (Fsp3) is 0.909. The van der Waals surface area contributed by atoms with E-state index < -0.39 is 0 Å². The van der Waals surface area contributed by atoms with Gasteiger partial charge in [-0.25, -0.2) is 0 Å². The topological polar surface area (TPSA) is 55.6 Å². The van der Waals surface area contributed by atoms with E-state index in [2.05, 4.69) is 0 Å². The van der Waals surface area contributed by atoms with Crippen LogP contribution in [0.5, 0.6) is 0 Å². The maximum Gasteiger partial charge on any atom is 0.222 e. The van der Waals surface area contributed by atoms with Crippen molar-refractivity contribution in [3.8, 4) is 0 Å². The molecule has 0 spiro atoms. The number of nitrogens with zero attached hydrogens (tertiary/aromatic N) is 1. The summed E-state index contributed by atoms with van der Waals surface area (Å²) in [6, 6.07) is 0.102. The molecule has 1 amide bonds. The molecule has 4 nitrogen and oxygen atoms in total. The van der Waals surface area contributed by atoms with Crippen LogP contribution in [0.1, 0.15) is 32.6 Å². The third-order valence-electron chi connectivity index (χ3n) is 2.74. The Labute approximate surface area is 104 Å². The summed E-state index contributed by atoms with van der Waals surface area (Å²) < 4.78 is 5.48.